The average Bonchev–Trinajstić information content (AvgIpc) is 2.72. The van der Waals surface area contributed by atoms with Gasteiger partial charge in [-0.25, -0.2) is 15.0 Å². The number of ether oxygens (including phenoxy) is 1. The molecule has 10 nitrogen and oxygen atoms in total. The van der Waals surface area contributed by atoms with Gasteiger partial charge in [-0.05, 0) is 28.5 Å². The molecule has 0 unspecified atom stereocenters. The predicted octanol–water partition coefficient (Wildman–Crippen LogP) is 2.15. The number of carboxylic acids is 1. The van der Waals surface area contributed by atoms with Crippen LogP contribution in [0.2, 0.25) is 0 Å². The Labute approximate surface area is 172 Å². The normalized spacial score (nSPS) is 12.0. The van der Waals surface area contributed by atoms with E-state index in [-0.39, 0.29) is 18.6 Å². The maximum absolute atomic E-state index is 12.5. The third kappa shape index (κ3) is 7.17. The number of nitrogens with one attached hydrogen (secondary N) is 2. The molecule has 10 heteroatoms. The summed E-state index contributed by atoms with van der Waals surface area (Å²) < 4.78 is 5.35. The maximum atomic E-state index is 12.5. The van der Waals surface area contributed by atoms with E-state index in [4.69, 9.17) is 10.3 Å². The number of carbonyl (C=O) groups is 3. The topological polar surface area (TPSA) is 153 Å². The van der Waals surface area contributed by atoms with Gasteiger partial charge in [0.2, 0.25) is 5.91 Å². The minimum absolute atomic E-state index is 0.0816. The van der Waals surface area contributed by atoms with Crippen molar-refractivity contribution in [3.63, 3.8) is 0 Å². The van der Waals surface area contributed by atoms with Crippen LogP contribution in [0.1, 0.15) is 18.1 Å². The molecule has 0 saturated carbocycles. The Bertz CT molecular complexity index is 926. The van der Waals surface area contributed by atoms with Gasteiger partial charge in [0.15, 0.2) is 6.04 Å². The number of hydrogen-bond donors (Lipinski definition) is 3. The highest BCUT2D eigenvalue weighted by molar-refractivity contribution is 5.82. The number of azide groups is 1. The lowest BCUT2D eigenvalue weighted by molar-refractivity contribution is -0.141. The van der Waals surface area contributed by atoms with E-state index in [0.717, 1.165) is 5.56 Å². The zero-order valence-electron chi connectivity index (χ0n) is 16.2. The van der Waals surface area contributed by atoms with Crippen LogP contribution in [0, 0.1) is 0 Å². The molecule has 2 aromatic rings. The second kappa shape index (κ2) is 11.1. The minimum Gasteiger partial charge on any atom is -0.480 e. The summed E-state index contributed by atoms with van der Waals surface area (Å²) in [6, 6.07) is 13.5. The number of nitrogens with zero attached hydrogens (tertiary/aromatic N) is 3. The molecule has 0 aromatic heterocycles. The Morgan fingerprint density at radius 3 is 2.20 bits per heavy atom. The van der Waals surface area contributed by atoms with Crippen LogP contribution in [0.4, 0.5) is 0 Å². The number of carboxylic acid groups (broad SMARTS) is 1. The fourth-order valence-corrected chi connectivity index (χ4v) is 2.69. The highest BCUT2D eigenvalue weighted by Crippen LogP contribution is 2.15. The summed E-state index contributed by atoms with van der Waals surface area (Å²) in [5.74, 6) is -1.98. The molecule has 0 aliphatic carbocycles. The molecule has 3 N–H and O–H groups in total. The van der Waals surface area contributed by atoms with Crippen LogP contribution < -0.4 is 15.5 Å². The van der Waals surface area contributed by atoms with E-state index in [1.54, 1.807) is 12.1 Å². The molecule has 2 aromatic carbocycles. The number of rotatable bonds is 10. The predicted molar refractivity (Wildman–Crippen MR) is 107 cm³/mol. The first-order valence-electron chi connectivity index (χ1n) is 9.03. The quantitative estimate of drug-likeness (QED) is 0.136. The van der Waals surface area contributed by atoms with Gasteiger partial charge < -0.3 is 15.2 Å². The van der Waals surface area contributed by atoms with Gasteiger partial charge in [0.25, 0.3) is 0 Å². The zero-order valence-corrected chi connectivity index (χ0v) is 16.2. The third-order valence-corrected chi connectivity index (χ3v) is 4.08. The maximum Gasteiger partial charge on any atom is 0.357 e. The lowest BCUT2D eigenvalue weighted by atomic mass is 10.1. The van der Waals surface area contributed by atoms with Crippen molar-refractivity contribution >= 4 is 17.8 Å². The molecule has 156 valence electrons. The minimum atomic E-state index is -1.14. The lowest BCUT2D eigenvalue weighted by Gasteiger charge is -2.14. The van der Waals surface area contributed by atoms with E-state index in [2.05, 4.69) is 20.9 Å². The lowest BCUT2D eigenvalue weighted by Crippen LogP contribution is -2.41. The van der Waals surface area contributed by atoms with Crippen LogP contribution in [-0.4, -0.2) is 35.0 Å². The van der Waals surface area contributed by atoms with Crippen molar-refractivity contribution in [2.24, 2.45) is 5.22 Å². The Balaban J connectivity index is 2.04. The Morgan fingerprint density at radius 2 is 1.63 bits per heavy atom. The summed E-state index contributed by atoms with van der Waals surface area (Å²) in [6.45, 7) is 1.24. The third-order valence-electron chi connectivity index (χ3n) is 4.08. The van der Waals surface area contributed by atoms with Crippen molar-refractivity contribution in [3.8, 4) is 5.75 Å². The van der Waals surface area contributed by atoms with Crippen molar-refractivity contribution in [1.29, 1.82) is 0 Å². The number of carbonyl (C=O) groups excluding carboxylic acids is 2. The van der Waals surface area contributed by atoms with Crippen molar-refractivity contribution in [1.82, 2.24) is 10.7 Å². The Morgan fingerprint density at radius 1 is 1.03 bits per heavy atom. The van der Waals surface area contributed by atoms with Gasteiger partial charge in [0, 0.05) is 19.8 Å². The number of aliphatic carboxylic acids is 1. The van der Waals surface area contributed by atoms with Crippen LogP contribution in [0.25, 0.3) is 10.4 Å². The standard InChI is InChI=1S/C20H21N5O5/c1-13(26)22-17(19(27)28)11-15-7-9-16(10-8-15)30-20(29)18(23-25-24-21)12-14-5-3-2-4-6-14/h2-10,17-18,23H,11-12H2,1H3,(H,22,26)(H,27,28)/t17-,18-/m0/s1. The van der Waals surface area contributed by atoms with E-state index in [0.29, 0.717) is 5.56 Å². The molecule has 0 bridgehead atoms. The van der Waals surface area contributed by atoms with E-state index in [9.17, 15) is 19.5 Å². The molecule has 0 spiro atoms. The van der Waals surface area contributed by atoms with Crippen molar-refractivity contribution < 1.29 is 24.2 Å². The summed E-state index contributed by atoms with van der Waals surface area (Å²) in [5, 5.41) is 14.8. The van der Waals surface area contributed by atoms with Gasteiger partial charge >= 0.3 is 11.9 Å². The molecule has 0 radical (unpaired) electrons. The van der Waals surface area contributed by atoms with E-state index < -0.39 is 29.9 Å². The molecule has 0 aliphatic rings. The molecule has 0 aliphatic heterocycles. The highest BCUT2D eigenvalue weighted by atomic mass is 16.5. The summed E-state index contributed by atoms with van der Waals surface area (Å²) in [6.07, 6.45) is 0.339. The fourth-order valence-electron chi connectivity index (χ4n) is 2.69. The van der Waals surface area contributed by atoms with Gasteiger partial charge in [-0.2, -0.15) is 4.91 Å². The van der Waals surface area contributed by atoms with Gasteiger partial charge in [0.1, 0.15) is 11.8 Å². The van der Waals surface area contributed by atoms with E-state index in [1.807, 2.05) is 30.3 Å². The van der Waals surface area contributed by atoms with Crippen LogP contribution in [0.5, 0.6) is 5.75 Å². The molecule has 2 rings (SSSR count). The van der Waals surface area contributed by atoms with Gasteiger partial charge in [-0.3, -0.25) is 4.79 Å². The number of hydrogen-bond acceptors (Lipinski definition) is 5. The molecule has 0 saturated heterocycles. The molecular formula is C20H21N5O5. The molecule has 2 atom stereocenters. The van der Waals surface area contributed by atoms with Gasteiger partial charge in [-0.15, -0.1) is 5.53 Å². The van der Waals surface area contributed by atoms with Crippen molar-refractivity contribution in [2.75, 3.05) is 0 Å². The monoisotopic (exact) mass is 411 g/mol. The van der Waals surface area contributed by atoms with Crippen LogP contribution in [0.15, 0.2) is 59.8 Å². The molecule has 30 heavy (non-hydrogen) atoms. The van der Waals surface area contributed by atoms with E-state index >= 15 is 0 Å². The van der Waals surface area contributed by atoms with Crippen LogP contribution >= 0.6 is 0 Å². The Kier molecular flexibility index (Phi) is 8.22. The summed E-state index contributed by atoms with van der Waals surface area (Å²) in [5.41, 5.74) is 12.5. The smallest absolute Gasteiger partial charge is 0.357 e. The fraction of sp³-hybridized carbons (Fsp3) is 0.250. The number of benzene rings is 2. The first-order valence-corrected chi connectivity index (χ1v) is 9.03. The average molecular weight is 411 g/mol. The summed E-state index contributed by atoms with van der Waals surface area (Å²) in [7, 11) is 0. The number of esters is 1. The van der Waals surface area contributed by atoms with Crippen molar-refractivity contribution in [3.05, 3.63) is 76.2 Å². The Hall–Kier alpha value is -4.04. The molecule has 1 amide bonds. The summed E-state index contributed by atoms with van der Waals surface area (Å²) in [4.78, 5) is 37.5. The van der Waals surface area contributed by atoms with E-state index in [1.165, 1.54) is 19.1 Å². The highest BCUT2D eigenvalue weighted by Gasteiger charge is 2.24. The molecule has 0 fully saturated rings. The van der Waals surface area contributed by atoms with Crippen LogP contribution in [-0.2, 0) is 27.2 Å². The van der Waals surface area contributed by atoms with Crippen molar-refractivity contribution in [2.45, 2.75) is 31.8 Å². The van der Waals surface area contributed by atoms with Crippen LogP contribution in [0.3, 0.4) is 0 Å². The summed E-state index contributed by atoms with van der Waals surface area (Å²) >= 11 is 0. The SMILES string of the molecule is CC(=O)N[C@@H](Cc1ccc(OC(=O)[C@H](Cc2ccccc2)NN=[N+]=[N-])cc1)C(=O)O. The molecular weight excluding hydrogens is 390 g/mol. The number of amides is 1. The first kappa shape index (κ1) is 22.3. The zero-order chi connectivity index (χ0) is 21.9. The second-order valence-corrected chi connectivity index (χ2v) is 6.42. The van der Waals surface area contributed by atoms with Gasteiger partial charge in [-0.1, -0.05) is 42.5 Å². The van der Waals surface area contributed by atoms with Gasteiger partial charge in [0.05, 0.1) is 0 Å². The largest absolute Gasteiger partial charge is 0.480 e. The molecule has 0 heterocycles. The second-order valence-electron chi connectivity index (χ2n) is 6.42. The first-order chi connectivity index (χ1) is 14.4.